The number of rotatable bonds is 4. The number of benzene rings is 3. The van der Waals surface area contributed by atoms with Crippen molar-refractivity contribution in [2.24, 2.45) is 0 Å². The summed E-state index contributed by atoms with van der Waals surface area (Å²) in [5.74, 6) is 0. The molecule has 6 nitrogen and oxygen atoms in total. The van der Waals surface area contributed by atoms with Gasteiger partial charge in [-0.05, 0) is 92.8 Å². The van der Waals surface area contributed by atoms with Gasteiger partial charge < -0.3 is 10.2 Å². The molecule has 3 aromatic carbocycles. The second kappa shape index (κ2) is 8.52. The van der Waals surface area contributed by atoms with Crippen LogP contribution in [0.25, 0.3) is 0 Å². The molecule has 0 radical (unpaired) electrons. The van der Waals surface area contributed by atoms with Crippen molar-refractivity contribution in [2.75, 3.05) is 9.80 Å². The standard InChI is InChI=1S/C25H26N2O4/c1-15-9-16(2)12-20(11-15)26(24(28)29)22-8-6-7-19(5)23(22)27(25(30)31)21-13-17(3)10-18(4)14-21/h6-14H,1-5H3,(H,28,29)(H,30,31). The minimum Gasteiger partial charge on any atom is -0.464 e. The third-order valence-corrected chi connectivity index (χ3v) is 4.99. The minimum atomic E-state index is -1.19. The third kappa shape index (κ3) is 4.53. The molecule has 0 aliphatic heterocycles. The summed E-state index contributed by atoms with van der Waals surface area (Å²) in [7, 11) is 0. The fourth-order valence-electron chi connectivity index (χ4n) is 3.96. The number of nitrogens with zero attached hydrogens (tertiary/aromatic N) is 2. The minimum absolute atomic E-state index is 0.277. The van der Waals surface area contributed by atoms with Crippen LogP contribution in [0, 0.1) is 34.6 Å². The van der Waals surface area contributed by atoms with Gasteiger partial charge >= 0.3 is 12.2 Å². The number of amides is 2. The van der Waals surface area contributed by atoms with E-state index in [-0.39, 0.29) is 5.69 Å². The van der Waals surface area contributed by atoms with E-state index in [1.165, 1.54) is 0 Å². The van der Waals surface area contributed by atoms with E-state index in [1.807, 2.05) is 39.8 Å². The molecule has 0 fully saturated rings. The number of carbonyl (C=O) groups is 2. The summed E-state index contributed by atoms with van der Waals surface area (Å²) in [6.07, 6.45) is -2.38. The van der Waals surface area contributed by atoms with Gasteiger partial charge in [-0.25, -0.2) is 19.4 Å². The van der Waals surface area contributed by atoms with Crippen LogP contribution in [0.3, 0.4) is 0 Å². The highest BCUT2D eigenvalue weighted by molar-refractivity contribution is 6.06. The van der Waals surface area contributed by atoms with Crippen molar-refractivity contribution >= 4 is 34.9 Å². The number of hydrogen-bond acceptors (Lipinski definition) is 2. The molecule has 31 heavy (non-hydrogen) atoms. The predicted molar refractivity (Wildman–Crippen MR) is 123 cm³/mol. The topological polar surface area (TPSA) is 81.1 Å². The average Bonchev–Trinajstić information content (AvgIpc) is 2.62. The molecular weight excluding hydrogens is 392 g/mol. The lowest BCUT2D eigenvalue weighted by molar-refractivity contribution is 0.202. The molecule has 2 amide bonds. The van der Waals surface area contributed by atoms with E-state index in [0.717, 1.165) is 32.1 Å². The maximum absolute atomic E-state index is 12.4. The average molecular weight is 418 g/mol. The summed E-state index contributed by atoms with van der Waals surface area (Å²) in [4.78, 5) is 27.1. The molecule has 3 rings (SSSR count). The Morgan fingerprint density at radius 3 is 1.48 bits per heavy atom. The first kappa shape index (κ1) is 21.9. The zero-order chi connectivity index (χ0) is 22.9. The number of aryl methyl sites for hydroxylation is 5. The molecule has 6 heteroatoms. The number of para-hydroxylation sites is 1. The summed E-state index contributed by atoms with van der Waals surface area (Å²) in [5.41, 5.74) is 5.82. The zero-order valence-electron chi connectivity index (χ0n) is 18.3. The van der Waals surface area contributed by atoms with Crippen LogP contribution in [0.5, 0.6) is 0 Å². The molecule has 0 aliphatic carbocycles. The van der Waals surface area contributed by atoms with E-state index >= 15 is 0 Å². The van der Waals surface area contributed by atoms with E-state index in [2.05, 4.69) is 0 Å². The van der Waals surface area contributed by atoms with E-state index in [9.17, 15) is 19.8 Å². The van der Waals surface area contributed by atoms with Gasteiger partial charge in [0.2, 0.25) is 0 Å². The maximum atomic E-state index is 12.4. The predicted octanol–water partition coefficient (Wildman–Crippen LogP) is 6.86. The number of anilines is 4. The third-order valence-electron chi connectivity index (χ3n) is 4.99. The molecule has 0 spiro atoms. The lowest BCUT2D eigenvalue weighted by Gasteiger charge is -2.29. The Balaban J connectivity index is 2.31. The summed E-state index contributed by atoms with van der Waals surface area (Å²) < 4.78 is 0. The smallest absolute Gasteiger partial charge is 0.416 e. The number of carboxylic acid groups (broad SMARTS) is 2. The quantitative estimate of drug-likeness (QED) is 0.485. The van der Waals surface area contributed by atoms with E-state index < -0.39 is 12.2 Å². The van der Waals surface area contributed by atoms with Gasteiger partial charge in [-0.15, -0.1) is 0 Å². The highest BCUT2D eigenvalue weighted by atomic mass is 16.4. The van der Waals surface area contributed by atoms with Crippen LogP contribution >= 0.6 is 0 Å². The van der Waals surface area contributed by atoms with Gasteiger partial charge in [-0.3, -0.25) is 0 Å². The Bertz CT molecular complexity index is 1130. The van der Waals surface area contributed by atoms with Crippen LogP contribution in [0.15, 0.2) is 54.6 Å². The summed E-state index contributed by atoms with van der Waals surface area (Å²) in [6, 6.07) is 16.2. The SMILES string of the molecule is Cc1cc(C)cc(N(C(=O)O)c2cccc(C)c2N(C(=O)O)c2cc(C)cc(C)c2)c1. The highest BCUT2D eigenvalue weighted by Gasteiger charge is 2.28. The van der Waals surface area contributed by atoms with Gasteiger partial charge in [-0.2, -0.15) is 0 Å². The first-order valence-corrected chi connectivity index (χ1v) is 9.91. The lowest BCUT2D eigenvalue weighted by atomic mass is 10.1. The van der Waals surface area contributed by atoms with Gasteiger partial charge in [0, 0.05) is 0 Å². The Hall–Kier alpha value is -3.80. The maximum Gasteiger partial charge on any atom is 0.416 e. The van der Waals surface area contributed by atoms with Gasteiger partial charge in [0.05, 0.1) is 22.7 Å². The van der Waals surface area contributed by atoms with Gasteiger partial charge in [0.1, 0.15) is 0 Å². The van der Waals surface area contributed by atoms with E-state index in [4.69, 9.17) is 0 Å². The molecule has 0 unspecified atom stereocenters. The Morgan fingerprint density at radius 1 is 0.645 bits per heavy atom. The van der Waals surface area contributed by atoms with Crippen LogP contribution in [-0.4, -0.2) is 22.4 Å². The van der Waals surface area contributed by atoms with Crippen LogP contribution in [-0.2, 0) is 0 Å². The Labute approximate surface area is 182 Å². The molecule has 3 aromatic rings. The first-order chi connectivity index (χ1) is 14.6. The summed E-state index contributed by atoms with van der Waals surface area (Å²) in [5, 5.41) is 20.3. The van der Waals surface area contributed by atoms with E-state index in [1.54, 1.807) is 49.4 Å². The molecule has 160 valence electrons. The number of hydrogen-bond donors (Lipinski definition) is 2. The molecule has 2 N–H and O–H groups in total. The molecule has 0 atom stereocenters. The van der Waals surface area contributed by atoms with Crippen LogP contribution in [0.2, 0.25) is 0 Å². The van der Waals surface area contributed by atoms with E-state index in [0.29, 0.717) is 22.6 Å². The normalized spacial score (nSPS) is 10.6. The zero-order valence-corrected chi connectivity index (χ0v) is 18.3. The Morgan fingerprint density at radius 2 is 1.06 bits per heavy atom. The molecule has 0 saturated heterocycles. The van der Waals surface area contributed by atoms with Gasteiger partial charge in [0.15, 0.2) is 0 Å². The second-order valence-electron chi connectivity index (χ2n) is 7.87. The largest absolute Gasteiger partial charge is 0.464 e. The van der Waals surface area contributed by atoms with Crippen molar-refractivity contribution in [3.05, 3.63) is 82.4 Å². The molecular formula is C25H26N2O4. The fraction of sp³-hybridized carbons (Fsp3) is 0.200. The first-order valence-electron chi connectivity index (χ1n) is 9.91. The highest BCUT2D eigenvalue weighted by Crippen LogP contribution is 2.41. The van der Waals surface area contributed by atoms with Crippen molar-refractivity contribution in [1.82, 2.24) is 0 Å². The second-order valence-corrected chi connectivity index (χ2v) is 7.87. The monoisotopic (exact) mass is 418 g/mol. The lowest BCUT2D eigenvalue weighted by Crippen LogP contribution is -2.30. The van der Waals surface area contributed by atoms with Crippen LogP contribution in [0.4, 0.5) is 32.3 Å². The van der Waals surface area contributed by atoms with Crippen LogP contribution in [0.1, 0.15) is 27.8 Å². The molecule has 0 aliphatic rings. The van der Waals surface area contributed by atoms with Crippen molar-refractivity contribution in [1.29, 1.82) is 0 Å². The van der Waals surface area contributed by atoms with Crippen LogP contribution < -0.4 is 9.80 Å². The Kier molecular flexibility index (Phi) is 6.02. The van der Waals surface area contributed by atoms with Gasteiger partial charge in [0.25, 0.3) is 0 Å². The summed E-state index contributed by atoms with van der Waals surface area (Å²) >= 11 is 0. The molecule has 0 saturated carbocycles. The fourth-order valence-corrected chi connectivity index (χ4v) is 3.96. The van der Waals surface area contributed by atoms with Crippen molar-refractivity contribution in [2.45, 2.75) is 34.6 Å². The van der Waals surface area contributed by atoms with Gasteiger partial charge in [-0.1, -0.05) is 24.3 Å². The molecule has 0 aromatic heterocycles. The molecule has 0 heterocycles. The van der Waals surface area contributed by atoms with Crippen molar-refractivity contribution < 1.29 is 19.8 Å². The van der Waals surface area contributed by atoms with Crippen molar-refractivity contribution in [3.8, 4) is 0 Å². The summed E-state index contributed by atoms with van der Waals surface area (Å²) in [6.45, 7) is 9.36. The molecule has 0 bridgehead atoms. The van der Waals surface area contributed by atoms with Crippen molar-refractivity contribution in [3.63, 3.8) is 0 Å².